The van der Waals surface area contributed by atoms with Crippen molar-refractivity contribution < 1.29 is 8.78 Å². The maximum atomic E-state index is 12.3. The van der Waals surface area contributed by atoms with E-state index < -0.39 is 6.43 Å². The molecule has 0 amide bonds. The van der Waals surface area contributed by atoms with Gasteiger partial charge in [0.1, 0.15) is 0 Å². The predicted octanol–water partition coefficient (Wildman–Crippen LogP) is 3.85. The van der Waals surface area contributed by atoms with Gasteiger partial charge in [0.2, 0.25) is 5.13 Å². The van der Waals surface area contributed by atoms with Crippen LogP contribution in [0.4, 0.5) is 13.9 Å². The summed E-state index contributed by atoms with van der Waals surface area (Å²) in [7, 11) is 0. The summed E-state index contributed by atoms with van der Waals surface area (Å²) in [4.78, 5) is 0. The Morgan fingerprint density at radius 2 is 1.94 bits per heavy atom. The molecule has 0 spiro atoms. The van der Waals surface area contributed by atoms with Crippen LogP contribution in [0.3, 0.4) is 0 Å². The van der Waals surface area contributed by atoms with Crippen molar-refractivity contribution in [3.63, 3.8) is 0 Å². The van der Waals surface area contributed by atoms with Crippen LogP contribution < -0.4 is 5.32 Å². The van der Waals surface area contributed by atoms with Gasteiger partial charge in [0, 0.05) is 11.0 Å². The van der Waals surface area contributed by atoms with Crippen molar-refractivity contribution in [3.05, 3.63) is 39.3 Å². The van der Waals surface area contributed by atoms with Crippen molar-refractivity contribution in [2.45, 2.75) is 13.0 Å². The normalized spacial score (nSPS) is 10.8. The molecule has 2 rings (SSSR count). The molecular formula is C10H8BrF2N3S. The molecule has 0 bridgehead atoms. The lowest BCUT2D eigenvalue weighted by atomic mass is 10.2. The number of anilines is 1. The number of nitrogens with one attached hydrogen (secondary N) is 1. The lowest BCUT2D eigenvalue weighted by Crippen LogP contribution is -1.98. The minimum atomic E-state index is -2.56. The maximum absolute atomic E-state index is 12.3. The van der Waals surface area contributed by atoms with Crippen LogP contribution in [0, 0.1) is 0 Å². The summed E-state index contributed by atoms with van der Waals surface area (Å²) < 4.78 is 25.5. The maximum Gasteiger partial charge on any atom is 0.291 e. The zero-order chi connectivity index (χ0) is 12.3. The van der Waals surface area contributed by atoms with E-state index in [1.807, 2.05) is 24.3 Å². The number of hydrogen-bond acceptors (Lipinski definition) is 4. The highest BCUT2D eigenvalue weighted by molar-refractivity contribution is 9.10. The van der Waals surface area contributed by atoms with Crippen LogP contribution in [-0.2, 0) is 6.54 Å². The molecule has 0 saturated carbocycles. The third-order valence-electron chi connectivity index (χ3n) is 1.98. The third-order valence-corrected chi connectivity index (χ3v) is 3.40. The summed E-state index contributed by atoms with van der Waals surface area (Å²) in [5, 5.41) is 10.1. The zero-order valence-electron chi connectivity index (χ0n) is 8.53. The van der Waals surface area contributed by atoms with Gasteiger partial charge in [0.25, 0.3) is 6.43 Å². The Hall–Kier alpha value is -1.08. The fourth-order valence-corrected chi connectivity index (χ4v) is 2.03. The van der Waals surface area contributed by atoms with Crippen molar-refractivity contribution in [1.29, 1.82) is 0 Å². The Kier molecular flexibility index (Phi) is 4.01. The quantitative estimate of drug-likeness (QED) is 0.930. The Morgan fingerprint density at radius 1 is 1.24 bits per heavy atom. The molecule has 1 N–H and O–H groups in total. The van der Waals surface area contributed by atoms with Crippen LogP contribution in [0.25, 0.3) is 0 Å². The molecule has 0 atom stereocenters. The van der Waals surface area contributed by atoms with E-state index in [9.17, 15) is 8.78 Å². The molecule has 0 unspecified atom stereocenters. The fraction of sp³-hybridized carbons (Fsp3) is 0.200. The molecule has 0 fully saturated rings. The lowest BCUT2D eigenvalue weighted by molar-refractivity contribution is 0.150. The molecule has 2 aromatic rings. The smallest absolute Gasteiger partial charge is 0.291 e. The summed E-state index contributed by atoms with van der Waals surface area (Å²) in [6.45, 7) is 0.533. The number of rotatable bonds is 4. The van der Waals surface area contributed by atoms with Gasteiger partial charge >= 0.3 is 0 Å². The first-order valence-corrected chi connectivity index (χ1v) is 6.36. The van der Waals surface area contributed by atoms with Crippen LogP contribution in [0.1, 0.15) is 17.0 Å². The molecule has 17 heavy (non-hydrogen) atoms. The Morgan fingerprint density at radius 3 is 2.53 bits per heavy atom. The molecule has 1 heterocycles. The minimum absolute atomic E-state index is 0.261. The van der Waals surface area contributed by atoms with Gasteiger partial charge in [-0.1, -0.05) is 39.4 Å². The van der Waals surface area contributed by atoms with E-state index in [-0.39, 0.29) is 5.01 Å². The van der Waals surface area contributed by atoms with Crippen LogP contribution in [0.2, 0.25) is 0 Å². The number of alkyl halides is 2. The Balaban J connectivity index is 1.95. The first-order valence-electron chi connectivity index (χ1n) is 4.75. The Bertz CT molecular complexity index is 487. The monoisotopic (exact) mass is 319 g/mol. The van der Waals surface area contributed by atoms with Crippen molar-refractivity contribution in [1.82, 2.24) is 10.2 Å². The number of aromatic nitrogens is 2. The first-order chi connectivity index (χ1) is 8.15. The average Bonchev–Trinajstić information content (AvgIpc) is 2.77. The van der Waals surface area contributed by atoms with Crippen molar-refractivity contribution in [2.75, 3.05) is 5.32 Å². The van der Waals surface area contributed by atoms with E-state index in [0.29, 0.717) is 11.7 Å². The number of hydrogen-bond donors (Lipinski definition) is 1. The van der Waals surface area contributed by atoms with Gasteiger partial charge in [0.15, 0.2) is 5.01 Å². The van der Waals surface area contributed by atoms with Crippen LogP contribution >= 0.6 is 27.3 Å². The zero-order valence-corrected chi connectivity index (χ0v) is 10.9. The fourth-order valence-electron chi connectivity index (χ4n) is 1.17. The highest BCUT2D eigenvalue weighted by Gasteiger charge is 2.13. The molecule has 3 nitrogen and oxygen atoms in total. The van der Waals surface area contributed by atoms with Gasteiger partial charge in [-0.2, -0.15) is 0 Å². The van der Waals surface area contributed by atoms with E-state index in [1.54, 1.807) is 0 Å². The molecule has 1 aromatic heterocycles. The van der Waals surface area contributed by atoms with E-state index in [1.165, 1.54) is 0 Å². The number of halogens is 3. The summed E-state index contributed by atoms with van der Waals surface area (Å²) in [5.41, 5.74) is 1.04. The highest BCUT2D eigenvalue weighted by Crippen LogP contribution is 2.25. The molecule has 0 radical (unpaired) electrons. The Labute approximate surface area is 109 Å². The van der Waals surface area contributed by atoms with Crippen LogP contribution in [0.5, 0.6) is 0 Å². The van der Waals surface area contributed by atoms with Crippen molar-refractivity contribution in [2.24, 2.45) is 0 Å². The number of benzene rings is 1. The average molecular weight is 320 g/mol. The van der Waals surface area contributed by atoms with Gasteiger partial charge in [-0.25, -0.2) is 8.78 Å². The molecule has 0 aliphatic heterocycles. The second kappa shape index (κ2) is 5.50. The van der Waals surface area contributed by atoms with E-state index in [2.05, 4.69) is 31.4 Å². The third kappa shape index (κ3) is 3.44. The molecule has 90 valence electrons. The van der Waals surface area contributed by atoms with Gasteiger partial charge in [-0.3, -0.25) is 0 Å². The van der Waals surface area contributed by atoms with E-state index in [4.69, 9.17) is 0 Å². The summed E-state index contributed by atoms with van der Waals surface area (Å²) in [5.74, 6) is 0. The van der Waals surface area contributed by atoms with Crippen LogP contribution in [-0.4, -0.2) is 10.2 Å². The summed E-state index contributed by atoms with van der Waals surface area (Å²) in [6.07, 6.45) is -2.56. The van der Waals surface area contributed by atoms with Gasteiger partial charge in [0.05, 0.1) is 0 Å². The van der Waals surface area contributed by atoms with Gasteiger partial charge in [-0.15, -0.1) is 10.2 Å². The van der Waals surface area contributed by atoms with E-state index in [0.717, 1.165) is 21.4 Å². The van der Waals surface area contributed by atoms with Crippen LogP contribution in [0.15, 0.2) is 28.7 Å². The largest absolute Gasteiger partial charge is 0.356 e. The van der Waals surface area contributed by atoms with Gasteiger partial charge < -0.3 is 5.32 Å². The molecule has 0 saturated heterocycles. The second-order valence-corrected chi connectivity index (χ2v) is 5.15. The summed E-state index contributed by atoms with van der Waals surface area (Å²) in [6, 6.07) is 7.71. The molecule has 0 aliphatic rings. The minimum Gasteiger partial charge on any atom is -0.356 e. The molecular weight excluding hydrogens is 312 g/mol. The first kappa shape index (κ1) is 12.4. The highest BCUT2D eigenvalue weighted by atomic mass is 79.9. The standard InChI is InChI=1S/C10H8BrF2N3S/c11-7-3-1-6(2-4-7)5-14-10-16-15-9(17-10)8(12)13/h1-4,8H,5H2,(H,14,16). The molecule has 7 heteroatoms. The van der Waals surface area contributed by atoms with Crippen molar-refractivity contribution >= 4 is 32.4 Å². The second-order valence-electron chi connectivity index (χ2n) is 3.23. The number of nitrogens with zero attached hydrogens (tertiary/aromatic N) is 2. The van der Waals surface area contributed by atoms with E-state index >= 15 is 0 Å². The lowest BCUT2D eigenvalue weighted by Gasteiger charge is -2.01. The SMILES string of the molecule is FC(F)c1nnc(NCc2ccc(Br)cc2)s1. The van der Waals surface area contributed by atoms with Gasteiger partial charge in [-0.05, 0) is 17.7 Å². The molecule has 0 aliphatic carbocycles. The van der Waals surface area contributed by atoms with Crippen molar-refractivity contribution in [3.8, 4) is 0 Å². The molecule has 1 aromatic carbocycles. The summed E-state index contributed by atoms with van der Waals surface area (Å²) >= 11 is 4.21. The topological polar surface area (TPSA) is 37.8 Å². The predicted molar refractivity (Wildman–Crippen MR) is 66.3 cm³/mol.